The lowest BCUT2D eigenvalue weighted by molar-refractivity contribution is 0.559. The van der Waals surface area contributed by atoms with Crippen LogP contribution in [-0.2, 0) is 13.1 Å². The molecule has 2 heterocycles. The quantitative estimate of drug-likeness (QED) is 0.781. The number of aromatic nitrogens is 3. The maximum Gasteiger partial charge on any atom is 0.152 e. The Hall–Kier alpha value is -2.00. The minimum absolute atomic E-state index is 0.701. The van der Waals surface area contributed by atoms with E-state index in [-0.39, 0.29) is 0 Å². The van der Waals surface area contributed by atoms with Gasteiger partial charge in [0.05, 0.1) is 17.8 Å². The van der Waals surface area contributed by atoms with Gasteiger partial charge in [0, 0.05) is 18.0 Å². The van der Waals surface area contributed by atoms with Crippen molar-refractivity contribution in [3.63, 3.8) is 0 Å². The molecule has 0 spiro atoms. The lowest BCUT2D eigenvalue weighted by Gasteiger charge is -2.30. The van der Waals surface area contributed by atoms with E-state index in [0.717, 1.165) is 35.1 Å². The Morgan fingerprint density at radius 2 is 2.26 bits per heavy atom. The smallest absolute Gasteiger partial charge is 0.152 e. The molecule has 0 unspecified atom stereocenters. The topological polar surface area (TPSA) is 57.7 Å². The van der Waals surface area contributed by atoms with Crippen LogP contribution in [0, 0.1) is 11.3 Å². The Kier molecular flexibility index (Phi) is 3.13. The molecule has 0 fully saturated rings. The molecule has 0 bridgehead atoms. The van der Waals surface area contributed by atoms with E-state index >= 15 is 0 Å². The third-order valence-corrected chi connectivity index (χ3v) is 4.10. The van der Waals surface area contributed by atoms with E-state index in [1.807, 2.05) is 24.5 Å². The molecule has 0 saturated carbocycles. The zero-order valence-electron chi connectivity index (χ0n) is 10.6. The van der Waals surface area contributed by atoms with E-state index in [1.54, 1.807) is 18.1 Å². The van der Waals surface area contributed by atoms with Gasteiger partial charge in [-0.05, 0) is 18.4 Å². The van der Waals surface area contributed by atoms with E-state index in [2.05, 4.69) is 25.7 Å². The molecule has 0 amide bonds. The Morgan fingerprint density at radius 3 is 3.05 bits per heavy atom. The molecule has 5 nitrogen and oxygen atoms in total. The Labute approximate surface area is 115 Å². The third-order valence-electron chi connectivity index (χ3n) is 3.32. The van der Waals surface area contributed by atoms with Crippen molar-refractivity contribution >= 4 is 17.4 Å². The van der Waals surface area contributed by atoms with Gasteiger partial charge in [-0.15, -0.1) is 22.0 Å². The highest BCUT2D eigenvalue weighted by Crippen LogP contribution is 2.30. The largest absolute Gasteiger partial charge is 0.361 e. The molecule has 0 aliphatic carbocycles. The summed E-state index contributed by atoms with van der Waals surface area (Å²) in [4.78, 5) is 3.22. The standard InChI is InChI=1S/C13H13N5S/c1-19-12-4-2-3-11(10(12)7-14)17-5-6-18-9-15-16-13(18)8-17/h2-4,9H,5-6,8H2,1H3. The van der Waals surface area contributed by atoms with Crippen LogP contribution < -0.4 is 4.90 Å². The Balaban J connectivity index is 1.98. The fourth-order valence-corrected chi connectivity index (χ4v) is 2.91. The number of thioether (sulfide) groups is 1. The molecular formula is C13H13N5S. The van der Waals surface area contributed by atoms with Crippen LogP contribution in [0.5, 0.6) is 0 Å². The average Bonchev–Trinajstić information content (AvgIpc) is 2.93. The van der Waals surface area contributed by atoms with Crippen molar-refractivity contribution in [2.45, 2.75) is 18.0 Å². The second kappa shape index (κ2) is 4.94. The van der Waals surface area contributed by atoms with Crippen molar-refractivity contribution in [1.29, 1.82) is 5.26 Å². The van der Waals surface area contributed by atoms with Gasteiger partial charge >= 0.3 is 0 Å². The Bertz CT molecular complexity index is 643. The number of rotatable bonds is 2. The third kappa shape index (κ3) is 2.06. The minimum atomic E-state index is 0.701. The molecule has 1 aliphatic heterocycles. The molecule has 0 radical (unpaired) electrons. The summed E-state index contributed by atoms with van der Waals surface area (Å²) in [6, 6.07) is 8.32. The number of anilines is 1. The van der Waals surface area contributed by atoms with E-state index in [1.165, 1.54) is 0 Å². The maximum atomic E-state index is 9.39. The number of nitrogens with zero attached hydrogens (tertiary/aromatic N) is 5. The lowest BCUT2D eigenvalue weighted by atomic mass is 10.1. The van der Waals surface area contributed by atoms with Crippen molar-refractivity contribution in [3.05, 3.63) is 35.9 Å². The number of hydrogen-bond acceptors (Lipinski definition) is 5. The summed E-state index contributed by atoms with van der Waals surface area (Å²) in [7, 11) is 0. The first-order chi connectivity index (χ1) is 9.33. The van der Waals surface area contributed by atoms with Crippen LogP contribution >= 0.6 is 11.8 Å². The van der Waals surface area contributed by atoms with Crippen molar-refractivity contribution in [2.75, 3.05) is 17.7 Å². The molecule has 0 N–H and O–H groups in total. The van der Waals surface area contributed by atoms with Gasteiger partial charge in [0.15, 0.2) is 5.82 Å². The molecule has 0 saturated heterocycles. The van der Waals surface area contributed by atoms with E-state index in [0.29, 0.717) is 6.54 Å². The lowest BCUT2D eigenvalue weighted by Crippen LogP contribution is -2.34. The van der Waals surface area contributed by atoms with Gasteiger partial charge in [0.2, 0.25) is 0 Å². The molecule has 1 aliphatic rings. The molecule has 1 aromatic carbocycles. The highest BCUT2D eigenvalue weighted by Gasteiger charge is 2.20. The highest BCUT2D eigenvalue weighted by atomic mass is 32.2. The SMILES string of the molecule is CSc1cccc(N2CCn3cnnc3C2)c1C#N. The van der Waals surface area contributed by atoms with Crippen LogP contribution in [0.2, 0.25) is 0 Å². The van der Waals surface area contributed by atoms with E-state index in [4.69, 9.17) is 0 Å². The van der Waals surface area contributed by atoms with Crippen LogP contribution in [-0.4, -0.2) is 27.6 Å². The maximum absolute atomic E-state index is 9.39. The fourth-order valence-electron chi connectivity index (χ4n) is 2.34. The summed E-state index contributed by atoms with van der Waals surface area (Å²) in [5, 5.41) is 17.4. The summed E-state index contributed by atoms with van der Waals surface area (Å²) in [6.45, 7) is 2.43. The highest BCUT2D eigenvalue weighted by molar-refractivity contribution is 7.98. The zero-order valence-corrected chi connectivity index (χ0v) is 11.4. The number of fused-ring (bicyclic) bond motifs is 1. The zero-order chi connectivity index (χ0) is 13.2. The van der Waals surface area contributed by atoms with Crippen LogP contribution in [0.3, 0.4) is 0 Å². The molecule has 2 aromatic rings. The van der Waals surface area contributed by atoms with Gasteiger partial charge < -0.3 is 9.47 Å². The van der Waals surface area contributed by atoms with Gasteiger partial charge in [-0.3, -0.25) is 0 Å². The first kappa shape index (κ1) is 12.1. The van der Waals surface area contributed by atoms with Crippen molar-refractivity contribution in [1.82, 2.24) is 14.8 Å². The fraction of sp³-hybridized carbons (Fsp3) is 0.308. The van der Waals surface area contributed by atoms with Crippen molar-refractivity contribution < 1.29 is 0 Å². The molecular weight excluding hydrogens is 258 g/mol. The molecule has 0 atom stereocenters. The Morgan fingerprint density at radius 1 is 1.37 bits per heavy atom. The van der Waals surface area contributed by atoms with Crippen LogP contribution in [0.1, 0.15) is 11.4 Å². The first-order valence-corrected chi connectivity index (χ1v) is 7.24. The summed E-state index contributed by atoms with van der Waals surface area (Å²) in [5.74, 6) is 0.949. The summed E-state index contributed by atoms with van der Waals surface area (Å²) >= 11 is 1.60. The minimum Gasteiger partial charge on any atom is -0.361 e. The summed E-state index contributed by atoms with van der Waals surface area (Å²) in [5.41, 5.74) is 1.74. The van der Waals surface area contributed by atoms with Gasteiger partial charge in [-0.1, -0.05) is 6.07 Å². The van der Waals surface area contributed by atoms with Crippen molar-refractivity contribution in [3.8, 4) is 6.07 Å². The molecule has 96 valence electrons. The first-order valence-electron chi connectivity index (χ1n) is 6.02. The monoisotopic (exact) mass is 271 g/mol. The van der Waals surface area contributed by atoms with Gasteiger partial charge in [-0.25, -0.2) is 0 Å². The normalized spacial score (nSPS) is 14.0. The summed E-state index contributed by atoms with van der Waals surface area (Å²) in [6.07, 6.45) is 3.75. The van der Waals surface area contributed by atoms with Crippen LogP contribution in [0.25, 0.3) is 0 Å². The van der Waals surface area contributed by atoms with Crippen LogP contribution in [0.15, 0.2) is 29.4 Å². The van der Waals surface area contributed by atoms with Crippen LogP contribution in [0.4, 0.5) is 5.69 Å². The molecule has 6 heteroatoms. The summed E-state index contributed by atoms with van der Waals surface area (Å²) < 4.78 is 2.06. The molecule has 1 aromatic heterocycles. The van der Waals surface area contributed by atoms with Gasteiger partial charge in [0.25, 0.3) is 0 Å². The van der Waals surface area contributed by atoms with Crippen molar-refractivity contribution in [2.24, 2.45) is 0 Å². The van der Waals surface area contributed by atoms with Gasteiger partial charge in [-0.2, -0.15) is 5.26 Å². The number of nitriles is 1. The van der Waals surface area contributed by atoms with E-state index < -0.39 is 0 Å². The number of benzene rings is 1. The number of hydrogen-bond donors (Lipinski definition) is 0. The molecule has 3 rings (SSSR count). The predicted molar refractivity (Wildman–Crippen MR) is 74.0 cm³/mol. The van der Waals surface area contributed by atoms with E-state index in [9.17, 15) is 5.26 Å². The average molecular weight is 271 g/mol. The second-order valence-corrected chi connectivity index (χ2v) is 5.18. The predicted octanol–water partition coefficient (Wildman–Crippen LogP) is 1.89. The molecule has 19 heavy (non-hydrogen) atoms. The van der Waals surface area contributed by atoms with Gasteiger partial charge in [0.1, 0.15) is 12.4 Å². The second-order valence-electron chi connectivity index (χ2n) is 4.33.